The molecule has 0 atom stereocenters. The molecule has 0 fully saturated rings. The first-order chi connectivity index (χ1) is 12.6. The number of nitro groups is 1. The Morgan fingerprint density at radius 2 is 2.12 bits per heavy atom. The van der Waals surface area contributed by atoms with Crippen LogP contribution in [0.1, 0.15) is 23.1 Å². The number of ether oxygens (including phenoxy) is 1. The third-order valence-electron chi connectivity index (χ3n) is 3.80. The molecule has 2 aromatic carbocycles. The number of H-pyrrole nitrogens is 1. The highest BCUT2D eigenvalue weighted by Gasteiger charge is 2.18. The number of aromatic nitrogens is 2. The molecule has 2 N–H and O–H groups in total. The number of carbonyl (C=O) groups is 1. The minimum atomic E-state index is -0.559. The van der Waals surface area contributed by atoms with Gasteiger partial charge in [0.25, 0.3) is 5.91 Å². The first-order valence-electron chi connectivity index (χ1n) is 8.21. The number of nitrogens with one attached hydrogen (secondary N) is 2. The lowest BCUT2D eigenvalue weighted by atomic mass is 10.1. The smallest absolute Gasteiger partial charge is 0.311 e. The molecule has 0 aliphatic rings. The van der Waals surface area contributed by atoms with Gasteiger partial charge in [-0.1, -0.05) is 12.1 Å². The maximum atomic E-state index is 12.2. The number of benzene rings is 2. The van der Waals surface area contributed by atoms with E-state index in [0.717, 1.165) is 16.9 Å². The van der Waals surface area contributed by atoms with Crippen LogP contribution in [0.15, 0.2) is 42.5 Å². The van der Waals surface area contributed by atoms with E-state index in [9.17, 15) is 14.9 Å². The zero-order chi connectivity index (χ0) is 18.5. The van der Waals surface area contributed by atoms with Crippen molar-refractivity contribution in [1.82, 2.24) is 15.3 Å². The summed E-state index contributed by atoms with van der Waals surface area (Å²) < 4.78 is 5.22. The molecule has 3 rings (SSSR count). The summed E-state index contributed by atoms with van der Waals surface area (Å²) in [6, 6.07) is 11.8. The van der Waals surface area contributed by atoms with E-state index in [0.29, 0.717) is 19.6 Å². The molecule has 1 aromatic heterocycles. The lowest BCUT2D eigenvalue weighted by molar-refractivity contribution is -0.385. The Labute approximate surface area is 149 Å². The highest BCUT2D eigenvalue weighted by molar-refractivity contribution is 5.95. The Balaban J connectivity index is 1.64. The van der Waals surface area contributed by atoms with Crippen LogP contribution in [-0.4, -0.2) is 34.0 Å². The summed E-state index contributed by atoms with van der Waals surface area (Å²) in [6.07, 6.45) is 0.527. The molecule has 0 radical (unpaired) electrons. The number of carbonyl (C=O) groups excluding carboxylic acids is 1. The molecule has 3 aromatic rings. The van der Waals surface area contributed by atoms with Gasteiger partial charge in [0.2, 0.25) is 0 Å². The fourth-order valence-corrected chi connectivity index (χ4v) is 2.60. The SMILES string of the molecule is CCOc1ccc(C(=O)NCCc2nc3ccccc3[nH]2)cc1[N+](=O)[O-]. The molecule has 26 heavy (non-hydrogen) atoms. The van der Waals surface area contributed by atoms with Gasteiger partial charge >= 0.3 is 5.69 Å². The van der Waals surface area contributed by atoms with Crippen molar-refractivity contribution in [3.05, 3.63) is 64.0 Å². The van der Waals surface area contributed by atoms with E-state index in [2.05, 4.69) is 15.3 Å². The quantitative estimate of drug-likeness (QED) is 0.501. The second-order valence-corrected chi connectivity index (χ2v) is 5.58. The number of para-hydroxylation sites is 2. The van der Waals surface area contributed by atoms with E-state index in [-0.39, 0.29) is 22.9 Å². The van der Waals surface area contributed by atoms with E-state index in [1.165, 1.54) is 18.2 Å². The average Bonchev–Trinajstić information content (AvgIpc) is 3.04. The summed E-state index contributed by atoms with van der Waals surface area (Å²) in [4.78, 5) is 30.4. The van der Waals surface area contributed by atoms with E-state index >= 15 is 0 Å². The van der Waals surface area contributed by atoms with Crippen LogP contribution in [0.25, 0.3) is 11.0 Å². The molecule has 0 aliphatic heterocycles. The van der Waals surface area contributed by atoms with Crippen LogP contribution in [0.2, 0.25) is 0 Å². The molecule has 0 saturated carbocycles. The van der Waals surface area contributed by atoms with Gasteiger partial charge < -0.3 is 15.0 Å². The van der Waals surface area contributed by atoms with Gasteiger partial charge in [-0.05, 0) is 31.2 Å². The number of aromatic amines is 1. The molecule has 0 bridgehead atoms. The molecule has 0 unspecified atom stereocenters. The van der Waals surface area contributed by atoms with E-state index in [1.807, 2.05) is 24.3 Å². The van der Waals surface area contributed by atoms with E-state index in [4.69, 9.17) is 4.74 Å². The molecule has 0 aliphatic carbocycles. The number of imidazole rings is 1. The van der Waals surface area contributed by atoms with Gasteiger partial charge in [0, 0.05) is 24.6 Å². The Bertz CT molecular complexity index is 918. The molecule has 1 amide bonds. The van der Waals surface area contributed by atoms with Crippen LogP contribution in [0.4, 0.5) is 5.69 Å². The van der Waals surface area contributed by atoms with Gasteiger partial charge in [0.15, 0.2) is 5.75 Å². The monoisotopic (exact) mass is 354 g/mol. The normalized spacial score (nSPS) is 10.7. The van der Waals surface area contributed by atoms with Crippen molar-refractivity contribution in [1.29, 1.82) is 0 Å². The molecule has 8 heteroatoms. The summed E-state index contributed by atoms with van der Waals surface area (Å²) in [7, 11) is 0. The van der Waals surface area contributed by atoms with Gasteiger partial charge in [0.05, 0.1) is 22.6 Å². The first-order valence-corrected chi connectivity index (χ1v) is 8.21. The van der Waals surface area contributed by atoms with E-state index in [1.54, 1.807) is 6.92 Å². The number of rotatable bonds is 7. The topological polar surface area (TPSA) is 110 Å². The van der Waals surface area contributed by atoms with Crippen LogP contribution in [-0.2, 0) is 6.42 Å². The Kier molecular flexibility index (Phi) is 5.12. The lowest BCUT2D eigenvalue weighted by Crippen LogP contribution is -2.26. The Morgan fingerprint density at radius 3 is 2.85 bits per heavy atom. The third-order valence-corrected chi connectivity index (χ3v) is 3.80. The predicted molar refractivity (Wildman–Crippen MR) is 96.4 cm³/mol. The van der Waals surface area contributed by atoms with Crippen molar-refractivity contribution < 1.29 is 14.5 Å². The summed E-state index contributed by atoms with van der Waals surface area (Å²) in [5.74, 6) is 0.535. The Hall–Kier alpha value is -3.42. The second-order valence-electron chi connectivity index (χ2n) is 5.58. The largest absolute Gasteiger partial charge is 0.487 e. The number of hydrogen-bond donors (Lipinski definition) is 2. The highest BCUT2D eigenvalue weighted by atomic mass is 16.6. The van der Waals surface area contributed by atoms with Crippen LogP contribution in [0.5, 0.6) is 5.75 Å². The van der Waals surface area contributed by atoms with Crippen molar-refractivity contribution in [3.8, 4) is 5.75 Å². The standard InChI is InChI=1S/C18H18N4O4/c1-2-26-16-8-7-12(11-15(16)22(24)25)18(23)19-10-9-17-20-13-5-3-4-6-14(13)21-17/h3-8,11H,2,9-10H2,1H3,(H,19,23)(H,20,21). The number of hydrogen-bond acceptors (Lipinski definition) is 5. The van der Waals surface area contributed by atoms with Gasteiger partial charge in [-0.3, -0.25) is 14.9 Å². The van der Waals surface area contributed by atoms with Crippen LogP contribution in [0.3, 0.4) is 0 Å². The Morgan fingerprint density at radius 1 is 1.31 bits per heavy atom. The summed E-state index contributed by atoms with van der Waals surface area (Å²) in [5.41, 5.74) is 1.80. The van der Waals surface area contributed by atoms with Gasteiger partial charge in [-0.25, -0.2) is 4.98 Å². The molecule has 8 nitrogen and oxygen atoms in total. The van der Waals surface area contributed by atoms with Gasteiger partial charge in [-0.15, -0.1) is 0 Å². The number of nitrogens with zero attached hydrogens (tertiary/aromatic N) is 2. The fourth-order valence-electron chi connectivity index (χ4n) is 2.60. The zero-order valence-corrected chi connectivity index (χ0v) is 14.2. The molecule has 1 heterocycles. The fraction of sp³-hybridized carbons (Fsp3) is 0.222. The maximum absolute atomic E-state index is 12.2. The van der Waals surface area contributed by atoms with Crippen molar-refractivity contribution in [2.45, 2.75) is 13.3 Å². The average molecular weight is 354 g/mol. The minimum absolute atomic E-state index is 0.149. The maximum Gasteiger partial charge on any atom is 0.311 e. The van der Waals surface area contributed by atoms with E-state index < -0.39 is 4.92 Å². The first kappa shape index (κ1) is 17.4. The van der Waals surface area contributed by atoms with Crippen LogP contribution < -0.4 is 10.1 Å². The van der Waals surface area contributed by atoms with Crippen molar-refractivity contribution in [2.24, 2.45) is 0 Å². The van der Waals surface area contributed by atoms with Crippen LogP contribution >= 0.6 is 0 Å². The summed E-state index contributed by atoms with van der Waals surface area (Å²) in [6.45, 7) is 2.41. The molecule has 134 valence electrons. The summed E-state index contributed by atoms with van der Waals surface area (Å²) in [5, 5.41) is 13.9. The van der Waals surface area contributed by atoms with Gasteiger partial charge in [0.1, 0.15) is 5.82 Å². The lowest BCUT2D eigenvalue weighted by Gasteiger charge is -2.07. The number of nitro benzene ring substituents is 1. The van der Waals surface area contributed by atoms with Crippen molar-refractivity contribution >= 4 is 22.6 Å². The zero-order valence-electron chi connectivity index (χ0n) is 14.2. The second kappa shape index (κ2) is 7.64. The van der Waals surface area contributed by atoms with Crippen molar-refractivity contribution in [3.63, 3.8) is 0 Å². The number of amides is 1. The molecule has 0 saturated heterocycles. The predicted octanol–water partition coefficient (Wildman–Crippen LogP) is 2.84. The van der Waals surface area contributed by atoms with Crippen LogP contribution in [0, 0.1) is 10.1 Å². The van der Waals surface area contributed by atoms with Crippen molar-refractivity contribution in [2.75, 3.05) is 13.2 Å². The third kappa shape index (κ3) is 3.80. The number of fused-ring (bicyclic) bond motifs is 1. The van der Waals surface area contributed by atoms with Gasteiger partial charge in [-0.2, -0.15) is 0 Å². The minimum Gasteiger partial charge on any atom is -0.487 e. The molecular weight excluding hydrogens is 336 g/mol. The summed E-state index contributed by atoms with van der Waals surface area (Å²) >= 11 is 0. The molecule has 0 spiro atoms. The highest BCUT2D eigenvalue weighted by Crippen LogP contribution is 2.27. The molecular formula is C18H18N4O4.